The Morgan fingerprint density at radius 1 is 0.406 bits per heavy atom. The molecule has 0 aliphatic carbocycles. The topological polar surface area (TPSA) is 95.9 Å². The Labute approximate surface area is 430 Å². The van der Waals surface area contributed by atoms with Crippen LogP contribution in [0.2, 0.25) is 0 Å². The van der Waals surface area contributed by atoms with Gasteiger partial charge in [0.05, 0.1) is 25.4 Å². The minimum absolute atomic E-state index is 0.00861. The van der Waals surface area contributed by atoms with Gasteiger partial charge in [-0.15, -0.1) is 0 Å². The summed E-state index contributed by atoms with van der Waals surface area (Å²) < 4.78 is 5.50. The minimum Gasteiger partial charge on any atom is -0.466 e. The summed E-state index contributed by atoms with van der Waals surface area (Å²) in [5, 5.41) is 23.1. The van der Waals surface area contributed by atoms with Crippen LogP contribution in [0.15, 0.2) is 36.5 Å². The van der Waals surface area contributed by atoms with E-state index in [0.717, 1.165) is 51.4 Å². The molecule has 0 aromatic heterocycles. The number of hydrogen-bond donors (Lipinski definition) is 3. The number of unbranched alkanes of at least 4 members (excludes halogenated alkanes) is 40. The van der Waals surface area contributed by atoms with E-state index in [1.807, 2.05) is 0 Å². The smallest absolute Gasteiger partial charge is 0.305 e. The summed E-state index contributed by atoms with van der Waals surface area (Å²) in [6.07, 6.45) is 73.1. The molecule has 0 aliphatic rings. The van der Waals surface area contributed by atoms with Crippen LogP contribution in [0.1, 0.15) is 328 Å². The van der Waals surface area contributed by atoms with Gasteiger partial charge >= 0.3 is 5.97 Å². The molecule has 3 N–H and O–H groups in total. The number of nitrogens with one attached hydrogen (secondary N) is 1. The van der Waals surface area contributed by atoms with Crippen molar-refractivity contribution in [2.45, 2.75) is 341 Å². The summed E-state index contributed by atoms with van der Waals surface area (Å²) in [5.41, 5.74) is 0. The highest BCUT2D eigenvalue weighted by molar-refractivity contribution is 5.76. The lowest BCUT2D eigenvalue weighted by Gasteiger charge is -2.22. The molecule has 0 bridgehead atoms. The molecule has 0 heterocycles. The van der Waals surface area contributed by atoms with E-state index in [2.05, 4.69) is 55.6 Å². The fraction of sp³-hybridized carbons (Fsp3) is 0.873. The second-order valence-corrected chi connectivity index (χ2v) is 21.0. The molecular formula is C63H119NO5. The van der Waals surface area contributed by atoms with Crippen LogP contribution in [0.25, 0.3) is 0 Å². The van der Waals surface area contributed by atoms with Gasteiger partial charge in [0.1, 0.15) is 0 Å². The first kappa shape index (κ1) is 67.1. The summed E-state index contributed by atoms with van der Waals surface area (Å²) in [4.78, 5) is 24.5. The number of ether oxygens (including phenoxy) is 1. The molecule has 0 fully saturated rings. The summed E-state index contributed by atoms with van der Waals surface area (Å²) in [6, 6.07) is -0.543. The number of aliphatic hydroxyl groups is 2. The zero-order valence-electron chi connectivity index (χ0n) is 46.3. The van der Waals surface area contributed by atoms with Crippen molar-refractivity contribution in [1.29, 1.82) is 0 Å². The fourth-order valence-corrected chi connectivity index (χ4v) is 9.43. The van der Waals surface area contributed by atoms with Crippen molar-refractivity contribution in [1.82, 2.24) is 5.32 Å². The van der Waals surface area contributed by atoms with Crippen molar-refractivity contribution in [3.8, 4) is 0 Å². The van der Waals surface area contributed by atoms with Crippen molar-refractivity contribution >= 4 is 11.9 Å². The van der Waals surface area contributed by atoms with E-state index in [4.69, 9.17) is 4.74 Å². The molecule has 0 spiro atoms. The van der Waals surface area contributed by atoms with Crippen LogP contribution in [-0.2, 0) is 14.3 Å². The van der Waals surface area contributed by atoms with Crippen LogP contribution in [0.5, 0.6) is 0 Å². The molecule has 0 aromatic carbocycles. The van der Waals surface area contributed by atoms with Crippen molar-refractivity contribution in [3.63, 3.8) is 0 Å². The molecule has 406 valence electrons. The fourth-order valence-electron chi connectivity index (χ4n) is 9.43. The van der Waals surface area contributed by atoms with Gasteiger partial charge in [0, 0.05) is 12.8 Å². The van der Waals surface area contributed by atoms with E-state index in [0.29, 0.717) is 25.9 Å². The molecule has 2 atom stereocenters. The van der Waals surface area contributed by atoms with Crippen LogP contribution >= 0.6 is 0 Å². The Balaban J connectivity index is 3.36. The van der Waals surface area contributed by atoms with Gasteiger partial charge in [0.15, 0.2) is 0 Å². The van der Waals surface area contributed by atoms with E-state index in [9.17, 15) is 19.8 Å². The third-order valence-corrected chi connectivity index (χ3v) is 14.2. The average molecular weight is 971 g/mol. The Bertz CT molecular complexity index is 1120. The predicted octanol–water partition coefficient (Wildman–Crippen LogP) is 19.2. The van der Waals surface area contributed by atoms with Crippen LogP contribution in [0, 0.1) is 0 Å². The first-order chi connectivity index (χ1) is 34.0. The number of carbonyl (C=O) groups is 2. The molecular weight excluding hydrogens is 851 g/mol. The Hall–Kier alpha value is -1.92. The molecule has 0 rings (SSSR count). The van der Waals surface area contributed by atoms with E-state index < -0.39 is 12.1 Å². The second-order valence-electron chi connectivity index (χ2n) is 21.0. The first-order valence-corrected chi connectivity index (χ1v) is 30.7. The molecule has 1 amide bonds. The van der Waals surface area contributed by atoms with Crippen molar-refractivity contribution < 1.29 is 24.5 Å². The highest BCUT2D eigenvalue weighted by Crippen LogP contribution is 2.17. The van der Waals surface area contributed by atoms with Gasteiger partial charge < -0.3 is 20.3 Å². The lowest BCUT2D eigenvalue weighted by molar-refractivity contribution is -0.143. The highest BCUT2D eigenvalue weighted by Gasteiger charge is 2.20. The minimum atomic E-state index is -0.665. The number of allylic oxidation sites excluding steroid dienone is 6. The molecule has 0 saturated heterocycles. The van der Waals surface area contributed by atoms with Gasteiger partial charge in [0.2, 0.25) is 5.91 Å². The number of hydrogen-bond acceptors (Lipinski definition) is 5. The second kappa shape index (κ2) is 58.6. The largest absolute Gasteiger partial charge is 0.466 e. The number of amides is 1. The van der Waals surface area contributed by atoms with Gasteiger partial charge in [0.25, 0.3) is 0 Å². The molecule has 0 saturated carbocycles. The van der Waals surface area contributed by atoms with Crippen LogP contribution in [0.3, 0.4) is 0 Å². The maximum absolute atomic E-state index is 12.4. The van der Waals surface area contributed by atoms with Crippen LogP contribution < -0.4 is 5.32 Å². The molecule has 0 aliphatic heterocycles. The zero-order chi connectivity index (χ0) is 50.0. The Morgan fingerprint density at radius 3 is 1.14 bits per heavy atom. The predicted molar refractivity (Wildman–Crippen MR) is 301 cm³/mol. The van der Waals surface area contributed by atoms with Gasteiger partial charge in [-0.1, -0.05) is 269 Å². The summed E-state index contributed by atoms with van der Waals surface area (Å²) in [6.45, 7) is 4.91. The number of rotatable bonds is 57. The van der Waals surface area contributed by atoms with E-state index >= 15 is 0 Å². The number of aliphatic hydroxyl groups excluding tert-OH is 2. The van der Waals surface area contributed by atoms with Crippen LogP contribution in [0.4, 0.5) is 0 Å². The number of esters is 1. The molecule has 2 unspecified atom stereocenters. The SMILES string of the molecule is CCCCC/C=C\C/C=C\CCCCCCCCCCCC(=O)OCCCCCCCCCCCCCC/C=C\CCCCCCCCCCC(=O)NC(CO)C(O)CCCCCCCCCCC. The Morgan fingerprint density at radius 2 is 0.725 bits per heavy atom. The average Bonchev–Trinajstić information content (AvgIpc) is 3.35. The molecule has 0 aromatic rings. The van der Waals surface area contributed by atoms with Gasteiger partial charge in [-0.05, 0) is 83.5 Å². The van der Waals surface area contributed by atoms with Crippen molar-refractivity contribution in [3.05, 3.63) is 36.5 Å². The lowest BCUT2D eigenvalue weighted by Crippen LogP contribution is -2.45. The summed E-state index contributed by atoms with van der Waals surface area (Å²) >= 11 is 0. The monoisotopic (exact) mass is 970 g/mol. The zero-order valence-corrected chi connectivity index (χ0v) is 46.3. The molecule has 6 heteroatoms. The number of carbonyl (C=O) groups excluding carboxylic acids is 2. The summed E-state index contributed by atoms with van der Waals surface area (Å²) in [5.74, 6) is -0.0331. The highest BCUT2D eigenvalue weighted by atomic mass is 16.5. The van der Waals surface area contributed by atoms with E-state index in [-0.39, 0.29) is 18.5 Å². The van der Waals surface area contributed by atoms with Gasteiger partial charge in [-0.2, -0.15) is 0 Å². The van der Waals surface area contributed by atoms with E-state index in [1.54, 1.807) is 0 Å². The van der Waals surface area contributed by atoms with Crippen LogP contribution in [-0.4, -0.2) is 47.4 Å². The first-order valence-electron chi connectivity index (χ1n) is 30.7. The third-order valence-electron chi connectivity index (χ3n) is 14.2. The summed E-state index contributed by atoms with van der Waals surface area (Å²) in [7, 11) is 0. The van der Waals surface area contributed by atoms with Crippen molar-refractivity contribution in [2.24, 2.45) is 0 Å². The lowest BCUT2D eigenvalue weighted by atomic mass is 10.0. The maximum Gasteiger partial charge on any atom is 0.305 e. The Kier molecular flexibility index (Phi) is 57.0. The van der Waals surface area contributed by atoms with Crippen molar-refractivity contribution in [2.75, 3.05) is 13.2 Å². The van der Waals surface area contributed by atoms with Gasteiger partial charge in [-0.3, -0.25) is 9.59 Å². The quantitative estimate of drug-likeness (QED) is 0.0321. The molecule has 69 heavy (non-hydrogen) atoms. The normalized spacial score (nSPS) is 12.8. The maximum atomic E-state index is 12.4. The molecule has 6 nitrogen and oxygen atoms in total. The van der Waals surface area contributed by atoms with E-state index in [1.165, 1.54) is 244 Å². The standard InChI is InChI=1S/C63H119NO5/c1-3-5-7-9-11-13-14-15-16-17-24-28-31-34-37-41-45-49-53-57-63(68)69-58-54-50-46-42-38-35-32-29-26-23-21-19-18-20-22-25-27-30-33-36-40-44-48-52-56-62(67)64-60(59-65)61(66)55-51-47-43-39-12-10-8-6-4-2/h11,13,15-16,20,22,60-61,65-66H,3-10,12,14,17-19,21,23-59H2,1-2H3,(H,64,67)/b13-11-,16-15-,22-20-. The molecule has 0 radical (unpaired) electrons. The third kappa shape index (κ3) is 55.2. The van der Waals surface area contributed by atoms with Gasteiger partial charge in [-0.25, -0.2) is 0 Å².